The summed E-state index contributed by atoms with van der Waals surface area (Å²) >= 11 is 0. The summed E-state index contributed by atoms with van der Waals surface area (Å²) in [4.78, 5) is 42.9. The Hall–Kier alpha value is -4.78. The van der Waals surface area contributed by atoms with E-state index in [2.05, 4.69) is 11.1 Å². The summed E-state index contributed by atoms with van der Waals surface area (Å²) in [5, 5.41) is 57.6. The third kappa shape index (κ3) is 21.9. The molecule has 26 heteroatoms. The van der Waals surface area contributed by atoms with Gasteiger partial charge in [-0.05, 0) is 106 Å². The molecule has 25 nitrogen and oxygen atoms in total. The Morgan fingerprint density at radius 2 is 1.36 bits per heavy atom. The maximum atomic E-state index is 14.2. The summed E-state index contributed by atoms with van der Waals surface area (Å²) in [6.45, 7) is 20.3. The fourth-order valence-corrected chi connectivity index (χ4v) is 14.0. The first-order chi connectivity index (χ1) is 45.5. The average molecular weight is 1400 g/mol. The number of aliphatic hydroxyl groups is 5. The molecule has 0 spiro atoms. The number of benzene rings is 2. The molecule has 3 saturated heterocycles. The first kappa shape index (κ1) is 82.9. The van der Waals surface area contributed by atoms with Crippen LogP contribution in [0.4, 0.5) is 0 Å². The molecule has 3 fully saturated rings. The predicted octanol–water partition coefficient (Wildman–Crippen LogP) is 9.20. The molecule has 97 heavy (non-hydrogen) atoms. The van der Waals surface area contributed by atoms with Gasteiger partial charge in [-0.15, -0.1) is 0 Å². The number of unbranched alkanes of at least 4 members (excludes halogenated alkanes) is 9. The fourth-order valence-electron chi connectivity index (χ4n) is 13.6. The molecule has 5 heterocycles. The maximum Gasteiger partial charge on any atom is 0.397 e. The number of likely N-dealkylation sites (N-methyl/N-ethyl adjacent to an activating group) is 1. The number of carbonyl (C=O) groups excluding carboxylic acids is 3. The number of hydrogen-bond acceptors (Lipinski definition) is 24. The molecule has 0 amide bonds. The molecule has 5 aliphatic heterocycles. The van der Waals surface area contributed by atoms with Crippen LogP contribution in [0.1, 0.15) is 191 Å². The topological polar surface area (TPSA) is 330 Å². The third-order valence-electron chi connectivity index (χ3n) is 19.5. The lowest BCUT2D eigenvalue weighted by Gasteiger charge is -2.49. The number of nitrogens with zero attached hydrogens (tertiary/aromatic N) is 1. The van der Waals surface area contributed by atoms with Crippen LogP contribution in [-0.2, 0) is 62.1 Å². The smallest absolute Gasteiger partial charge is 0.397 e. The molecule has 0 radical (unpaired) electrons. The molecule has 2 aromatic carbocycles. The number of aliphatic hydroxyl groups excluding tert-OH is 2. The van der Waals surface area contributed by atoms with Gasteiger partial charge in [0.05, 0.1) is 81.6 Å². The van der Waals surface area contributed by atoms with E-state index in [0.29, 0.717) is 52.7 Å². The minimum atomic E-state index is -4.23. The Balaban J connectivity index is 0.000000328. The van der Waals surface area contributed by atoms with Crippen molar-refractivity contribution in [1.82, 2.24) is 4.90 Å². The van der Waals surface area contributed by atoms with Crippen molar-refractivity contribution in [3.05, 3.63) is 41.5 Å². The number of fused-ring (bicyclic) bond motifs is 4. The van der Waals surface area contributed by atoms with E-state index in [1.54, 1.807) is 88.0 Å². The summed E-state index contributed by atoms with van der Waals surface area (Å²) in [6.07, 6.45) is 4.07. The van der Waals surface area contributed by atoms with Gasteiger partial charge in [0, 0.05) is 66.5 Å². The highest BCUT2D eigenvalue weighted by atomic mass is 32.3. The van der Waals surface area contributed by atoms with Crippen molar-refractivity contribution < 1.29 is 114 Å². The standard InChI is InChI=1S/C40H71NO14.C19H18O6.C12H26O4S/c1-15-27-40(11,48)33(44)22(5)30(43)20(3)18-38(9,47)35(55-37-32(53-28(42)16-2)26(41(12)13)17-21(4)50-37)23(6)31(24(7)36(46)52-27)54-29-19-39(10,49-14)34(45)25(8)51-29;1-21-12-5-4-11-6-14-13-8-17(22-2)18(23-3)9-16(13)24-10-19(14,20)25-15(11)7-12;1-2-3-4-5-6-7-8-9-10-11-12-16-17(13,14)15/h20-27,29,31-35,37,44-45,47-48H,15-19H2,1-14H3;4-9,20H,10H2,1-3H3;2-12H2,1H3,(H,13,14,15). The van der Waals surface area contributed by atoms with Crippen molar-refractivity contribution in [2.75, 3.05) is 55.7 Å². The number of ether oxygens (including phenoxy) is 12. The number of Topliss-reactive ketones (excluding diaryl/α,β-unsaturated/α-hetero) is 1. The van der Waals surface area contributed by atoms with E-state index in [4.69, 9.17) is 61.4 Å². The summed E-state index contributed by atoms with van der Waals surface area (Å²) in [5.74, 6) is -4.25. The van der Waals surface area contributed by atoms with E-state index in [-0.39, 0.29) is 51.0 Å². The first-order valence-corrected chi connectivity index (χ1v) is 35.8. The van der Waals surface area contributed by atoms with Gasteiger partial charge in [0.1, 0.15) is 40.8 Å². The Bertz CT molecular complexity index is 2980. The summed E-state index contributed by atoms with van der Waals surface area (Å²) < 4.78 is 104. The van der Waals surface area contributed by atoms with Crippen molar-refractivity contribution in [3.63, 3.8) is 0 Å². The highest BCUT2D eigenvalue weighted by molar-refractivity contribution is 7.80. The van der Waals surface area contributed by atoms with Crippen LogP contribution in [0.3, 0.4) is 0 Å². The minimum absolute atomic E-state index is 0.0298. The Labute approximate surface area is 575 Å². The molecule has 2 aromatic rings. The molecular weight excluding hydrogens is 1280 g/mol. The van der Waals surface area contributed by atoms with Gasteiger partial charge in [0.15, 0.2) is 36.8 Å². The molecule has 19 unspecified atom stereocenters. The molecule has 0 bridgehead atoms. The summed E-state index contributed by atoms with van der Waals surface area (Å²) in [7, 11) is 5.69. The lowest BCUT2D eigenvalue weighted by molar-refractivity contribution is -0.319. The Morgan fingerprint density at radius 1 is 0.742 bits per heavy atom. The molecular formula is C71H115NO24S. The Kier molecular flexibility index (Phi) is 31.4. The minimum Gasteiger partial charge on any atom is -0.497 e. The van der Waals surface area contributed by atoms with Gasteiger partial charge in [-0.25, -0.2) is 4.18 Å². The second-order valence-electron chi connectivity index (χ2n) is 27.6. The number of rotatable bonds is 24. The number of esters is 2. The molecule has 7 rings (SSSR count). The van der Waals surface area contributed by atoms with Crippen LogP contribution in [0.2, 0.25) is 0 Å². The highest BCUT2D eigenvalue weighted by Crippen LogP contribution is 2.50. The SMILES string of the molecule is CCC(=O)OC1C(OC2C(C)C(OC3CC(C)(OC)C(O)C(C)O3)C(C)C(=O)OC(CC)C(C)(O)C(O)C(C)C(=O)C(C)CC2(C)O)OC(C)CC1N(C)C.CCCCCCCCCCCCOS(=O)(=O)O.COc1ccc2c(c1)OC1(O)COc3cc(OC)c(OC)cc3C1=C2. The van der Waals surface area contributed by atoms with E-state index < -0.39 is 130 Å². The molecule has 5 aliphatic rings. The van der Waals surface area contributed by atoms with Gasteiger partial charge >= 0.3 is 22.3 Å². The van der Waals surface area contributed by atoms with Gasteiger partial charge in [0.25, 0.3) is 5.79 Å². The van der Waals surface area contributed by atoms with Gasteiger partial charge in [-0.3, -0.25) is 18.9 Å². The fraction of sp³-hybridized carbons (Fsp3) is 0.761. The number of ketones is 1. The van der Waals surface area contributed by atoms with Crippen LogP contribution in [0.15, 0.2) is 30.3 Å². The maximum absolute atomic E-state index is 14.2. The zero-order valence-corrected chi connectivity index (χ0v) is 61.3. The van der Waals surface area contributed by atoms with E-state index >= 15 is 0 Å². The number of methoxy groups -OCH3 is 4. The second-order valence-corrected chi connectivity index (χ2v) is 28.7. The quantitative estimate of drug-likeness (QED) is 0.0324. The predicted molar refractivity (Wildman–Crippen MR) is 361 cm³/mol. The molecule has 0 aliphatic carbocycles. The largest absolute Gasteiger partial charge is 0.497 e. The van der Waals surface area contributed by atoms with Crippen molar-refractivity contribution in [3.8, 4) is 28.7 Å². The van der Waals surface area contributed by atoms with Gasteiger partial charge < -0.3 is 87.3 Å². The van der Waals surface area contributed by atoms with Crippen molar-refractivity contribution in [2.45, 2.75) is 269 Å². The molecule has 0 aromatic heterocycles. The second kappa shape index (κ2) is 36.7. The van der Waals surface area contributed by atoms with Crippen molar-refractivity contribution in [1.29, 1.82) is 0 Å². The zero-order chi connectivity index (χ0) is 72.5. The van der Waals surface area contributed by atoms with E-state index in [9.17, 15) is 48.3 Å². The van der Waals surface area contributed by atoms with Gasteiger partial charge in [-0.1, -0.05) is 99.3 Å². The average Bonchev–Trinajstić information content (AvgIpc) is 0.770. The van der Waals surface area contributed by atoms with Crippen molar-refractivity contribution in [2.24, 2.45) is 23.7 Å². The Morgan fingerprint density at radius 3 is 1.93 bits per heavy atom. The molecule has 0 saturated carbocycles. The van der Waals surface area contributed by atoms with E-state index in [0.717, 1.165) is 18.4 Å². The summed E-state index contributed by atoms with van der Waals surface area (Å²) in [6, 6.07) is 8.68. The number of cyclic esters (lactones) is 1. The lowest BCUT2D eigenvalue weighted by Crippen LogP contribution is -2.61. The molecule has 19 atom stereocenters. The third-order valence-corrected chi connectivity index (χ3v) is 20.0. The summed E-state index contributed by atoms with van der Waals surface area (Å²) in [5.41, 5.74) is -2.75. The van der Waals surface area contributed by atoms with Crippen LogP contribution in [0.5, 0.6) is 28.7 Å². The van der Waals surface area contributed by atoms with Crippen LogP contribution >= 0.6 is 0 Å². The lowest BCUT2D eigenvalue weighted by atomic mass is 9.74. The van der Waals surface area contributed by atoms with Crippen LogP contribution in [0.25, 0.3) is 11.6 Å². The zero-order valence-electron chi connectivity index (χ0n) is 60.5. The number of hydrogen-bond donors (Lipinski definition) is 6. The number of carbonyl (C=O) groups is 3. The van der Waals surface area contributed by atoms with Crippen LogP contribution in [-0.4, -0.2) is 207 Å². The highest BCUT2D eigenvalue weighted by Gasteiger charge is 2.55. The van der Waals surface area contributed by atoms with Gasteiger partial charge in [0.2, 0.25) is 0 Å². The van der Waals surface area contributed by atoms with Crippen LogP contribution in [0, 0.1) is 23.7 Å². The molecule has 6 N–H and O–H groups in total. The first-order valence-electron chi connectivity index (χ1n) is 34.4. The van der Waals surface area contributed by atoms with E-state index in [1.807, 2.05) is 44.1 Å². The van der Waals surface area contributed by atoms with E-state index in [1.165, 1.54) is 72.8 Å². The van der Waals surface area contributed by atoms with Gasteiger partial charge in [-0.2, -0.15) is 8.42 Å². The monoisotopic (exact) mass is 1400 g/mol. The van der Waals surface area contributed by atoms with Crippen LogP contribution < -0.4 is 23.7 Å². The molecule has 554 valence electrons. The normalized spacial score (nSPS) is 33.8. The van der Waals surface area contributed by atoms with Crippen molar-refractivity contribution >= 4 is 39.8 Å².